The molecule has 28 heavy (non-hydrogen) atoms. The molecule has 0 bridgehead atoms. The summed E-state index contributed by atoms with van der Waals surface area (Å²) in [5.41, 5.74) is 2.25. The van der Waals surface area contributed by atoms with E-state index in [2.05, 4.69) is 6.07 Å². The van der Waals surface area contributed by atoms with Gasteiger partial charge in [0.1, 0.15) is 5.76 Å². The van der Waals surface area contributed by atoms with Crippen LogP contribution in [0.4, 0.5) is 0 Å². The van der Waals surface area contributed by atoms with Gasteiger partial charge in [-0.25, -0.2) is 0 Å². The number of ether oxygens (including phenoxy) is 4. The van der Waals surface area contributed by atoms with Crippen LogP contribution in [0.3, 0.4) is 0 Å². The molecule has 0 unspecified atom stereocenters. The number of allylic oxidation sites excluding steroid dienone is 1. The molecule has 0 amide bonds. The van der Waals surface area contributed by atoms with Crippen molar-refractivity contribution in [2.24, 2.45) is 5.92 Å². The minimum Gasteiger partial charge on any atom is -0.505 e. The van der Waals surface area contributed by atoms with Crippen molar-refractivity contribution in [2.45, 2.75) is 11.9 Å². The van der Waals surface area contributed by atoms with Crippen LogP contribution in [-0.2, 0) is 18.9 Å². The van der Waals surface area contributed by atoms with Crippen molar-refractivity contribution < 1.29 is 18.9 Å². The normalized spacial score (nSPS) is 21.2. The van der Waals surface area contributed by atoms with E-state index < -0.39 is 11.9 Å². The maximum atomic E-state index is 10.1. The molecule has 5 heteroatoms. The van der Waals surface area contributed by atoms with Crippen LogP contribution in [0.5, 0.6) is 0 Å². The van der Waals surface area contributed by atoms with Gasteiger partial charge in [0.25, 0.3) is 0 Å². The minimum absolute atomic E-state index is 0.346. The third kappa shape index (κ3) is 3.53. The van der Waals surface area contributed by atoms with E-state index in [0.29, 0.717) is 11.3 Å². The predicted octanol–water partition coefficient (Wildman–Crippen LogP) is 4.46. The van der Waals surface area contributed by atoms with E-state index in [1.165, 1.54) is 14.2 Å². The van der Waals surface area contributed by atoms with Crippen molar-refractivity contribution >= 4 is 5.76 Å². The third-order valence-electron chi connectivity index (χ3n) is 4.87. The molecule has 1 heterocycles. The molecule has 1 aliphatic heterocycles. The SMILES string of the molecule is CO/C=C\[C@@H]1[C@@H](c2ccccc2)C(C#N)=C(c2ccccc2)OC1(OC)OC. The van der Waals surface area contributed by atoms with Crippen LogP contribution in [-0.4, -0.2) is 27.3 Å². The zero-order chi connectivity index (χ0) is 20.0. The highest BCUT2D eigenvalue weighted by molar-refractivity contribution is 5.70. The van der Waals surface area contributed by atoms with Crippen molar-refractivity contribution in [3.63, 3.8) is 0 Å². The lowest BCUT2D eigenvalue weighted by molar-refractivity contribution is -0.361. The van der Waals surface area contributed by atoms with Gasteiger partial charge in [0.2, 0.25) is 0 Å². The highest BCUT2D eigenvalue weighted by atomic mass is 16.9. The van der Waals surface area contributed by atoms with Gasteiger partial charge < -0.3 is 18.9 Å². The van der Waals surface area contributed by atoms with Gasteiger partial charge in [-0.15, -0.1) is 0 Å². The van der Waals surface area contributed by atoms with E-state index in [1.807, 2.05) is 66.7 Å². The smallest absolute Gasteiger partial charge is 0.334 e. The average Bonchev–Trinajstić information content (AvgIpc) is 2.77. The Morgan fingerprint density at radius 2 is 1.57 bits per heavy atom. The number of benzene rings is 2. The lowest BCUT2D eigenvalue weighted by Crippen LogP contribution is -2.49. The van der Waals surface area contributed by atoms with E-state index in [-0.39, 0.29) is 5.92 Å². The van der Waals surface area contributed by atoms with Crippen LogP contribution >= 0.6 is 0 Å². The van der Waals surface area contributed by atoms with Crippen molar-refractivity contribution in [3.05, 3.63) is 89.7 Å². The van der Waals surface area contributed by atoms with E-state index in [9.17, 15) is 5.26 Å². The number of hydrogen-bond donors (Lipinski definition) is 0. The molecule has 0 spiro atoms. The molecule has 2 atom stereocenters. The van der Waals surface area contributed by atoms with Gasteiger partial charge in [-0.1, -0.05) is 60.7 Å². The molecule has 0 fully saturated rings. The van der Waals surface area contributed by atoms with E-state index in [1.54, 1.807) is 13.4 Å². The van der Waals surface area contributed by atoms with E-state index in [0.717, 1.165) is 11.1 Å². The lowest BCUT2D eigenvalue weighted by Gasteiger charge is -2.44. The first-order valence-electron chi connectivity index (χ1n) is 8.94. The van der Waals surface area contributed by atoms with Crippen LogP contribution in [0.2, 0.25) is 0 Å². The highest BCUT2D eigenvalue weighted by Gasteiger charge is 2.52. The van der Waals surface area contributed by atoms with Crippen molar-refractivity contribution in [2.75, 3.05) is 21.3 Å². The highest BCUT2D eigenvalue weighted by Crippen LogP contribution is 2.50. The molecule has 0 saturated carbocycles. The summed E-state index contributed by atoms with van der Waals surface area (Å²) in [7, 11) is 4.62. The van der Waals surface area contributed by atoms with Gasteiger partial charge in [-0.2, -0.15) is 5.26 Å². The molecule has 1 aliphatic rings. The topological polar surface area (TPSA) is 60.7 Å². The molecule has 2 aromatic rings. The third-order valence-corrected chi connectivity index (χ3v) is 4.87. The molecule has 5 nitrogen and oxygen atoms in total. The Kier molecular flexibility index (Phi) is 6.15. The predicted molar refractivity (Wildman–Crippen MR) is 106 cm³/mol. The Hall–Kier alpha value is -3.07. The van der Waals surface area contributed by atoms with Crippen LogP contribution in [0.1, 0.15) is 17.0 Å². The number of rotatable bonds is 6. The second-order valence-corrected chi connectivity index (χ2v) is 6.31. The van der Waals surface area contributed by atoms with Gasteiger partial charge in [-0.3, -0.25) is 0 Å². The molecule has 2 aromatic carbocycles. The van der Waals surface area contributed by atoms with Crippen LogP contribution < -0.4 is 0 Å². The second kappa shape index (κ2) is 8.75. The Balaban J connectivity index is 2.29. The van der Waals surface area contributed by atoms with E-state index in [4.69, 9.17) is 18.9 Å². The molecule has 0 saturated heterocycles. The summed E-state index contributed by atoms with van der Waals surface area (Å²) in [5, 5.41) is 10.1. The standard InChI is InChI=1S/C23H23NO4/c1-25-15-14-20-21(17-10-6-4-7-11-17)19(16-24)22(18-12-8-5-9-13-18)28-23(20,26-2)27-3/h4-15,20-21H,1-3H3/b15-14-/t20-,21+/m1/s1. The van der Waals surface area contributed by atoms with Crippen molar-refractivity contribution in [3.8, 4) is 6.07 Å². The minimum atomic E-state index is -1.42. The quantitative estimate of drug-likeness (QED) is 0.549. The fourth-order valence-corrected chi connectivity index (χ4v) is 3.58. The second-order valence-electron chi connectivity index (χ2n) is 6.31. The van der Waals surface area contributed by atoms with Crippen LogP contribution in [0.15, 0.2) is 78.6 Å². The van der Waals surface area contributed by atoms with Crippen molar-refractivity contribution in [1.82, 2.24) is 0 Å². The van der Waals surface area contributed by atoms with E-state index >= 15 is 0 Å². The summed E-state index contributed by atoms with van der Waals surface area (Å²) in [6.07, 6.45) is 3.36. The zero-order valence-corrected chi connectivity index (χ0v) is 16.2. The number of hydrogen-bond acceptors (Lipinski definition) is 5. The first-order valence-corrected chi connectivity index (χ1v) is 8.94. The summed E-state index contributed by atoms with van der Waals surface area (Å²) in [6, 6.07) is 21.7. The summed E-state index contributed by atoms with van der Waals surface area (Å²) >= 11 is 0. The van der Waals surface area contributed by atoms with Crippen molar-refractivity contribution in [1.29, 1.82) is 5.26 Å². The van der Waals surface area contributed by atoms with Gasteiger partial charge in [0, 0.05) is 25.7 Å². The Morgan fingerprint density at radius 3 is 2.11 bits per heavy atom. The first kappa shape index (κ1) is 19.7. The molecular formula is C23H23NO4. The zero-order valence-electron chi connectivity index (χ0n) is 16.2. The molecule has 0 radical (unpaired) electrons. The number of nitrogens with zero attached hydrogens (tertiary/aromatic N) is 1. The van der Waals surface area contributed by atoms with Gasteiger partial charge >= 0.3 is 5.97 Å². The number of nitriles is 1. The number of methoxy groups -OCH3 is 3. The van der Waals surface area contributed by atoms with Gasteiger partial charge in [0.15, 0.2) is 0 Å². The average molecular weight is 377 g/mol. The maximum Gasteiger partial charge on any atom is 0.334 e. The molecule has 0 N–H and O–H groups in total. The van der Waals surface area contributed by atoms with Gasteiger partial charge in [-0.05, 0) is 11.6 Å². The monoisotopic (exact) mass is 377 g/mol. The molecule has 0 aliphatic carbocycles. The van der Waals surface area contributed by atoms with Gasteiger partial charge in [0.05, 0.1) is 30.9 Å². The fourth-order valence-electron chi connectivity index (χ4n) is 3.58. The molecule has 0 aromatic heterocycles. The van der Waals surface area contributed by atoms with Crippen LogP contribution in [0.25, 0.3) is 5.76 Å². The Bertz CT molecular complexity index is 880. The van der Waals surface area contributed by atoms with Crippen LogP contribution in [0, 0.1) is 17.2 Å². The summed E-state index contributed by atoms with van der Waals surface area (Å²) in [6.45, 7) is 0. The first-order chi connectivity index (χ1) is 13.7. The molecule has 144 valence electrons. The largest absolute Gasteiger partial charge is 0.505 e. The maximum absolute atomic E-state index is 10.1. The molecular weight excluding hydrogens is 354 g/mol. The summed E-state index contributed by atoms with van der Waals surface area (Å²) in [4.78, 5) is 0. The fraction of sp³-hybridized carbons (Fsp3) is 0.261. The summed E-state index contributed by atoms with van der Waals surface area (Å²) < 4.78 is 22.9. The Labute approximate surface area is 165 Å². The summed E-state index contributed by atoms with van der Waals surface area (Å²) in [5.74, 6) is -1.77. The molecule has 3 rings (SSSR count). The Morgan fingerprint density at radius 1 is 0.964 bits per heavy atom. The lowest BCUT2D eigenvalue weighted by atomic mass is 9.76.